The number of hydrogen-bond acceptors (Lipinski definition) is 1. The number of rotatable bonds is 6. The third-order valence-corrected chi connectivity index (χ3v) is 4.38. The zero-order valence-corrected chi connectivity index (χ0v) is 10.7. The summed E-state index contributed by atoms with van der Waals surface area (Å²) in [5, 5.41) is 3.10. The van der Waals surface area contributed by atoms with Gasteiger partial charge in [0.15, 0.2) is 0 Å². The lowest BCUT2D eigenvalue weighted by Gasteiger charge is -2.15. The lowest BCUT2D eigenvalue weighted by atomic mass is 10.0. The monoisotopic (exact) mass is 243 g/mol. The minimum Gasteiger partial charge on any atom is -0.356 e. The van der Waals surface area contributed by atoms with Crippen molar-refractivity contribution < 1.29 is 4.79 Å². The summed E-state index contributed by atoms with van der Waals surface area (Å²) >= 11 is 5.77. The fourth-order valence-electron chi connectivity index (χ4n) is 2.73. The minimum atomic E-state index is 0.257. The quantitative estimate of drug-likeness (QED) is 0.714. The maximum absolute atomic E-state index is 11.7. The van der Waals surface area contributed by atoms with Gasteiger partial charge >= 0.3 is 0 Å². The van der Waals surface area contributed by atoms with Crippen molar-refractivity contribution in [3.8, 4) is 0 Å². The first-order chi connectivity index (χ1) is 7.74. The van der Waals surface area contributed by atoms with Gasteiger partial charge in [-0.2, -0.15) is 0 Å². The molecule has 1 N–H and O–H groups in total. The van der Waals surface area contributed by atoms with E-state index in [9.17, 15) is 4.79 Å². The molecular formula is C13H22ClNO. The molecular weight excluding hydrogens is 222 g/mol. The first-order valence-electron chi connectivity index (χ1n) is 6.57. The Bertz CT molecular complexity index is 244. The summed E-state index contributed by atoms with van der Waals surface area (Å²) in [5.74, 6) is 1.63. The lowest BCUT2D eigenvalue weighted by molar-refractivity contribution is -0.122. The maximum atomic E-state index is 11.7. The van der Waals surface area contributed by atoms with Crippen molar-refractivity contribution in [2.24, 2.45) is 11.3 Å². The van der Waals surface area contributed by atoms with E-state index in [4.69, 9.17) is 11.6 Å². The average molecular weight is 244 g/mol. The molecule has 0 aromatic carbocycles. The molecule has 2 fully saturated rings. The van der Waals surface area contributed by atoms with Gasteiger partial charge in [0.2, 0.25) is 5.91 Å². The van der Waals surface area contributed by atoms with E-state index in [-0.39, 0.29) is 5.91 Å². The minimum absolute atomic E-state index is 0.257. The van der Waals surface area contributed by atoms with Crippen LogP contribution < -0.4 is 5.32 Å². The highest BCUT2D eigenvalue weighted by atomic mass is 35.5. The van der Waals surface area contributed by atoms with Crippen molar-refractivity contribution in [2.75, 3.05) is 12.4 Å². The number of halogens is 1. The van der Waals surface area contributed by atoms with Gasteiger partial charge in [-0.3, -0.25) is 4.79 Å². The molecule has 0 unspecified atom stereocenters. The molecule has 0 bridgehead atoms. The molecule has 0 radical (unpaired) electrons. The van der Waals surface area contributed by atoms with Crippen molar-refractivity contribution in [1.82, 2.24) is 5.32 Å². The van der Waals surface area contributed by atoms with E-state index < -0.39 is 0 Å². The highest BCUT2D eigenvalue weighted by Crippen LogP contribution is 2.48. The molecule has 0 atom stereocenters. The van der Waals surface area contributed by atoms with E-state index in [1.54, 1.807) is 0 Å². The van der Waals surface area contributed by atoms with E-state index in [0.29, 0.717) is 11.3 Å². The van der Waals surface area contributed by atoms with Crippen LogP contribution in [0.1, 0.15) is 51.4 Å². The smallest absolute Gasteiger partial charge is 0.220 e. The van der Waals surface area contributed by atoms with Crippen LogP contribution in [0.5, 0.6) is 0 Å². The molecule has 2 aliphatic carbocycles. The number of hydrogen-bond donors (Lipinski definition) is 1. The predicted octanol–water partition coefficient (Wildman–Crippen LogP) is 3.09. The van der Waals surface area contributed by atoms with E-state index >= 15 is 0 Å². The van der Waals surface area contributed by atoms with Crippen molar-refractivity contribution >= 4 is 17.5 Å². The van der Waals surface area contributed by atoms with Crippen molar-refractivity contribution in [3.63, 3.8) is 0 Å². The van der Waals surface area contributed by atoms with Gasteiger partial charge in [-0.25, -0.2) is 0 Å². The molecule has 92 valence electrons. The Hall–Kier alpha value is -0.240. The van der Waals surface area contributed by atoms with Gasteiger partial charge in [0, 0.05) is 18.8 Å². The van der Waals surface area contributed by atoms with Gasteiger partial charge in [0.1, 0.15) is 0 Å². The second kappa shape index (κ2) is 5.39. The summed E-state index contributed by atoms with van der Waals surface area (Å²) in [4.78, 5) is 11.7. The van der Waals surface area contributed by atoms with Crippen LogP contribution in [0.15, 0.2) is 0 Å². The molecule has 0 heterocycles. The van der Waals surface area contributed by atoms with Gasteiger partial charge in [-0.15, -0.1) is 11.6 Å². The third kappa shape index (κ3) is 3.38. The van der Waals surface area contributed by atoms with Gasteiger partial charge in [-0.05, 0) is 43.4 Å². The first kappa shape index (κ1) is 12.2. The molecule has 16 heavy (non-hydrogen) atoms. The largest absolute Gasteiger partial charge is 0.356 e. The second-order valence-electron chi connectivity index (χ2n) is 5.57. The normalized spacial score (nSPS) is 23.3. The van der Waals surface area contributed by atoms with Crippen molar-refractivity contribution in [3.05, 3.63) is 0 Å². The van der Waals surface area contributed by atoms with Crippen LogP contribution in [0, 0.1) is 11.3 Å². The molecule has 1 amide bonds. The van der Waals surface area contributed by atoms with E-state index in [0.717, 1.165) is 25.3 Å². The Balaban J connectivity index is 1.63. The van der Waals surface area contributed by atoms with Crippen LogP contribution in [0.4, 0.5) is 0 Å². The SMILES string of the molecule is O=C(CC1CCCC1)NCC1(CCCl)CC1. The van der Waals surface area contributed by atoms with Crippen molar-refractivity contribution in [2.45, 2.75) is 51.4 Å². The molecule has 0 aromatic rings. The zero-order valence-electron chi connectivity index (χ0n) is 9.93. The number of nitrogens with one attached hydrogen (secondary N) is 1. The van der Waals surface area contributed by atoms with Gasteiger partial charge < -0.3 is 5.32 Å². The molecule has 2 nitrogen and oxygen atoms in total. The highest BCUT2D eigenvalue weighted by molar-refractivity contribution is 6.17. The first-order valence-corrected chi connectivity index (χ1v) is 7.10. The summed E-state index contributed by atoms with van der Waals surface area (Å²) in [6, 6.07) is 0. The standard InChI is InChI=1S/C13H22ClNO/c14-8-7-13(5-6-13)10-15-12(16)9-11-3-1-2-4-11/h11H,1-10H2,(H,15,16). The lowest BCUT2D eigenvalue weighted by Crippen LogP contribution is -2.31. The van der Waals surface area contributed by atoms with Gasteiger partial charge in [0.05, 0.1) is 0 Å². The molecule has 2 rings (SSSR count). The molecule has 0 saturated heterocycles. The Morgan fingerprint density at radius 1 is 1.31 bits per heavy atom. The number of carbonyl (C=O) groups is 1. The molecule has 3 heteroatoms. The molecule has 2 aliphatic rings. The van der Waals surface area contributed by atoms with E-state index in [2.05, 4.69) is 5.32 Å². The average Bonchev–Trinajstić information content (AvgIpc) is 2.83. The summed E-state index contributed by atoms with van der Waals surface area (Å²) in [7, 11) is 0. The van der Waals surface area contributed by atoms with Crippen LogP contribution in [-0.4, -0.2) is 18.3 Å². The summed E-state index contributed by atoms with van der Waals surface area (Å²) in [6.45, 7) is 0.852. The summed E-state index contributed by atoms with van der Waals surface area (Å²) in [5.41, 5.74) is 0.368. The highest BCUT2D eigenvalue weighted by Gasteiger charge is 2.41. The van der Waals surface area contributed by atoms with E-state index in [1.807, 2.05) is 0 Å². The fraction of sp³-hybridized carbons (Fsp3) is 0.923. The fourth-order valence-corrected chi connectivity index (χ4v) is 3.13. The number of alkyl halides is 1. The summed E-state index contributed by atoms with van der Waals surface area (Å²) in [6.07, 6.45) is 9.41. The van der Waals surface area contributed by atoms with Crippen LogP contribution in [0.2, 0.25) is 0 Å². The summed E-state index contributed by atoms with van der Waals surface area (Å²) < 4.78 is 0. The topological polar surface area (TPSA) is 29.1 Å². The predicted molar refractivity (Wildman–Crippen MR) is 66.6 cm³/mol. The number of amides is 1. The van der Waals surface area contributed by atoms with E-state index in [1.165, 1.54) is 38.5 Å². The Morgan fingerprint density at radius 2 is 2.00 bits per heavy atom. The Kier molecular flexibility index (Phi) is 4.12. The van der Waals surface area contributed by atoms with Crippen molar-refractivity contribution in [1.29, 1.82) is 0 Å². The van der Waals surface area contributed by atoms with Gasteiger partial charge in [0.25, 0.3) is 0 Å². The molecule has 2 saturated carbocycles. The van der Waals surface area contributed by atoms with Crippen LogP contribution in [-0.2, 0) is 4.79 Å². The van der Waals surface area contributed by atoms with Crippen LogP contribution in [0.25, 0.3) is 0 Å². The van der Waals surface area contributed by atoms with Gasteiger partial charge in [-0.1, -0.05) is 12.8 Å². The Morgan fingerprint density at radius 3 is 2.56 bits per heavy atom. The molecule has 0 spiro atoms. The third-order valence-electron chi connectivity index (χ3n) is 4.19. The molecule has 0 aromatic heterocycles. The maximum Gasteiger partial charge on any atom is 0.220 e. The van der Waals surface area contributed by atoms with Crippen LogP contribution in [0.3, 0.4) is 0 Å². The Labute approximate surface area is 103 Å². The van der Waals surface area contributed by atoms with Crippen LogP contribution >= 0.6 is 11.6 Å². The zero-order chi connectivity index (χ0) is 11.4. The molecule has 0 aliphatic heterocycles. The second-order valence-corrected chi connectivity index (χ2v) is 5.95. The number of carbonyl (C=O) groups excluding carboxylic acids is 1.